The molecule has 0 amide bonds. The Balaban J connectivity index is 1.98. The highest BCUT2D eigenvalue weighted by molar-refractivity contribution is 9.10. The van der Waals surface area contributed by atoms with E-state index in [-0.39, 0.29) is 11.9 Å². The lowest BCUT2D eigenvalue weighted by Gasteiger charge is -2.29. The molecule has 2 N–H and O–H groups in total. The molecule has 112 valence electrons. The van der Waals surface area contributed by atoms with Gasteiger partial charge in [0, 0.05) is 30.1 Å². The Hall–Kier alpha value is -0.490. The van der Waals surface area contributed by atoms with Gasteiger partial charge in [-0.05, 0) is 50.7 Å². The van der Waals surface area contributed by atoms with Crippen molar-refractivity contribution >= 4 is 15.9 Å². The van der Waals surface area contributed by atoms with Gasteiger partial charge in [0.1, 0.15) is 5.82 Å². The van der Waals surface area contributed by atoms with Crippen LogP contribution >= 0.6 is 15.9 Å². The molecule has 1 saturated heterocycles. The molecule has 1 atom stereocenters. The van der Waals surface area contributed by atoms with Crippen LogP contribution in [0.5, 0.6) is 0 Å². The average molecular weight is 344 g/mol. The predicted octanol–water partition coefficient (Wildman–Crippen LogP) is 2.62. The normalized spacial score (nSPS) is 17.9. The molecule has 0 bridgehead atoms. The van der Waals surface area contributed by atoms with Gasteiger partial charge in [-0.25, -0.2) is 4.39 Å². The van der Waals surface area contributed by atoms with Gasteiger partial charge in [0.05, 0.1) is 0 Å². The summed E-state index contributed by atoms with van der Waals surface area (Å²) in [6, 6.07) is 4.94. The van der Waals surface area contributed by atoms with Crippen molar-refractivity contribution in [2.45, 2.75) is 18.9 Å². The summed E-state index contributed by atoms with van der Waals surface area (Å²) in [5, 5.41) is 0. The third-order valence-corrected chi connectivity index (χ3v) is 4.73. The SMILES string of the molecule is CN(CCN1CCCC1)C(CN)c1ccc(F)cc1Br. The predicted molar refractivity (Wildman–Crippen MR) is 84.2 cm³/mol. The second-order valence-corrected chi connectivity index (χ2v) is 6.30. The molecule has 1 heterocycles. The van der Waals surface area contributed by atoms with Gasteiger partial charge in [0.25, 0.3) is 0 Å². The molecule has 0 aliphatic carbocycles. The monoisotopic (exact) mass is 343 g/mol. The summed E-state index contributed by atoms with van der Waals surface area (Å²) in [5.74, 6) is -0.226. The Morgan fingerprint density at radius 2 is 2.10 bits per heavy atom. The van der Waals surface area contributed by atoms with E-state index in [0.29, 0.717) is 6.54 Å². The fraction of sp³-hybridized carbons (Fsp3) is 0.600. The average Bonchev–Trinajstić information content (AvgIpc) is 2.93. The molecule has 1 aromatic carbocycles. The van der Waals surface area contributed by atoms with Crippen LogP contribution in [0.4, 0.5) is 4.39 Å². The minimum Gasteiger partial charge on any atom is -0.329 e. The van der Waals surface area contributed by atoms with E-state index >= 15 is 0 Å². The molecule has 2 rings (SSSR count). The minimum absolute atomic E-state index is 0.118. The van der Waals surface area contributed by atoms with Crippen molar-refractivity contribution in [3.8, 4) is 0 Å². The number of hydrogen-bond donors (Lipinski definition) is 1. The highest BCUT2D eigenvalue weighted by Crippen LogP contribution is 2.27. The molecule has 0 aromatic heterocycles. The smallest absolute Gasteiger partial charge is 0.124 e. The molecule has 0 saturated carbocycles. The fourth-order valence-corrected chi connectivity index (χ4v) is 3.39. The Morgan fingerprint density at radius 1 is 1.40 bits per heavy atom. The summed E-state index contributed by atoms with van der Waals surface area (Å²) in [4.78, 5) is 4.75. The minimum atomic E-state index is -0.226. The van der Waals surface area contributed by atoms with Gasteiger partial charge in [-0.3, -0.25) is 4.90 Å². The van der Waals surface area contributed by atoms with Crippen LogP contribution in [0, 0.1) is 5.82 Å². The molecule has 5 heteroatoms. The zero-order valence-electron chi connectivity index (χ0n) is 12.0. The van der Waals surface area contributed by atoms with E-state index in [1.54, 1.807) is 0 Å². The first-order chi connectivity index (χ1) is 9.61. The molecule has 3 nitrogen and oxygen atoms in total. The standard InChI is InChI=1S/C15H23BrFN3/c1-19(8-9-20-6-2-3-7-20)15(11-18)13-5-4-12(17)10-14(13)16/h4-5,10,15H,2-3,6-9,11,18H2,1H3. The van der Waals surface area contributed by atoms with E-state index in [2.05, 4.69) is 32.8 Å². The highest BCUT2D eigenvalue weighted by atomic mass is 79.9. The van der Waals surface area contributed by atoms with Crippen LogP contribution in [0.1, 0.15) is 24.4 Å². The Bertz CT molecular complexity index is 435. The van der Waals surface area contributed by atoms with Crippen molar-refractivity contribution in [2.75, 3.05) is 39.8 Å². The van der Waals surface area contributed by atoms with Crippen LogP contribution in [0.2, 0.25) is 0 Å². The molecule has 0 spiro atoms. The lowest BCUT2D eigenvalue weighted by atomic mass is 10.1. The molecular weight excluding hydrogens is 321 g/mol. The molecule has 0 radical (unpaired) electrons. The lowest BCUT2D eigenvalue weighted by Crippen LogP contribution is -2.36. The van der Waals surface area contributed by atoms with Crippen LogP contribution < -0.4 is 5.73 Å². The van der Waals surface area contributed by atoms with Crippen LogP contribution in [-0.4, -0.2) is 49.6 Å². The van der Waals surface area contributed by atoms with Crippen molar-refractivity contribution in [2.24, 2.45) is 5.73 Å². The van der Waals surface area contributed by atoms with Gasteiger partial charge in [0.2, 0.25) is 0 Å². The molecule has 1 fully saturated rings. The zero-order chi connectivity index (χ0) is 14.5. The van der Waals surface area contributed by atoms with Crippen LogP contribution in [-0.2, 0) is 0 Å². The third-order valence-electron chi connectivity index (χ3n) is 4.04. The summed E-state index contributed by atoms with van der Waals surface area (Å²) in [7, 11) is 2.09. The molecule has 20 heavy (non-hydrogen) atoms. The number of benzene rings is 1. The van der Waals surface area contributed by atoms with Gasteiger partial charge in [-0.1, -0.05) is 22.0 Å². The van der Waals surface area contributed by atoms with E-state index in [1.165, 1.54) is 38.1 Å². The number of likely N-dealkylation sites (N-methyl/N-ethyl adjacent to an activating group) is 1. The second-order valence-electron chi connectivity index (χ2n) is 5.45. The van der Waals surface area contributed by atoms with Gasteiger partial charge in [-0.15, -0.1) is 0 Å². The van der Waals surface area contributed by atoms with E-state index in [0.717, 1.165) is 23.1 Å². The number of halogens is 2. The van der Waals surface area contributed by atoms with Crippen molar-refractivity contribution in [3.63, 3.8) is 0 Å². The second kappa shape index (κ2) is 7.50. The summed E-state index contributed by atoms with van der Waals surface area (Å²) >= 11 is 3.44. The fourth-order valence-electron chi connectivity index (χ4n) is 2.78. The largest absolute Gasteiger partial charge is 0.329 e. The summed E-state index contributed by atoms with van der Waals surface area (Å²) in [6.45, 7) is 5.00. The van der Waals surface area contributed by atoms with Crippen LogP contribution in [0.25, 0.3) is 0 Å². The Kier molecular flexibility index (Phi) is 5.96. The summed E-state index contributed by atoms with van der Waals surface area (Å²) in [6.07, 6.45) is 2.63. The quantitative estimate of drug-likeness (QED) is 0.861. The first-order valence-corrected chi connectivity index (χ1v) is 7.98. The zero-order valence-corrected chi connectivity index (χ0v) is 13.6. The Labute approximate surface area is 129 Å². The molecule has 1 aliphatic heterocycles. The molecular formula is C15H23BrFN3. The van der Waals surface area contributed by atoms with Gasteiger partial charge >= 0.3 is 0 Å². The number of likely N-dealkylation sites (tertiary alicyclic amines) is 1. The molecule has 1 unspecified atom stereocenters. The number of hydrogen-bond acceptors (Lipinski definition) is 3. The lowest BCUT2D eigenvalue weighted by molar-refractivity contribution is 0.209. The van der Waals surface area contributed by atoms with E-state index in [9.17, 15) is 4.39 Å². The van der Waals surface area contributed by atoms with Crippen molar-refractivity contribution in [3.05, 3.63) is 34.1 Å². The van der Waals surface area contributed by atoms with Gasteiger partial charge < -0.3 is 10.6 Å². The number of nitrogens with two attached hydrogens (primary N) is 1. The third kappa shape index (κ3) is 4.01. The first-order valence-electron chi connectivity index (χ1n) is 7.19. The summed E-state index contributed by atoms with van der Waals surface area (Å²) < 4.78 is 14.0. The Morgan fingerprint density at radius 3 is 2.70 bits per heavy atom. The topological polar surface area (TPSA) is 32.5 Å². The van der Waals surface area contributed by atoms with Crippen LogP contribution in [0.3, 0.4) is 0 Å². The maximum Gasteiger partial charge on any atom is 0.124 e. The molecule has 1 aliphatic rings. The van der Waals surface area contributed by atoms with Crippen LogP contribution in [0.15, 0.2) is 22.7 Å². The number of rotatable bonds is 6. The van der Waals surface area contributed by atoms with Gasteiger partial charge in [-0.2, -0.15) is 0 Å². The first kappa shape index (κ1) is 15.9. The van der Waals surface area contributed by atoms with Crippen molar-refractivity contribution < 1.29 is 4.39 Å². The highest BCUT2D eigenvalue weighted by Gasteiger charge is 2.19. The van der Waals surface area contributed by atoms with E-state index in [4.69, 9.17) is 5.73 Å². The maximum atomic E-state index is 13.2. The van der Waals surface area contributed by atoms with Gasteiger partial charge in [0.15, 0.2) is 0 Å². The molecule has 1 aromatic rings. The van der Waals surface area contributed by atoms with E-state index < -0.39 is 0 Å². The van der Waals surface area contributed by atoms with E-state index in [1.807, 2.05) is 6.07 Å². The maximum absolute atomic E-state index is 13.2. The number of nitrogens with zero attached hydrogens (tertiary/aromatic N) is 2. The summed E-state index contributed by atoms with van der Waals surface area (Å²) in [5.41, 5.74) is 6.98. The van der Waals surface area contributed by atoms with Crippen molar-refractivity contribution in [1.29, 1.82) is 0 Å². The van der Waals surface area contributed by atoms with Crippen molar-refractivity contribution in [1.82, 2.24) is 9.80 Å².